The third-order valence-corrected chi connectivity index (χ3v) is 2.43. The summed E-state index contributed by atoms with van der Waals surface area (Å²) < 4.78 is 5.13. The van der Waals surface area contributed by atoms with E-state index in [-0.39, 0.29) is 0 Å². The smallest absolute Gasteiger partial charge is 0.0945 e. The van der Waals surface area contributed by atoms with E-state index < -0.39 is 0 Å². The highest BCUT2D eigenvalue weighted by Crippen LogP contribution is 2.02. The van der Waals surface area contributed by atoms with E-state index in [0.717, 1.165) is 18.0 Å². The van der Waals surface area contributed by atoms with Crippen LogP contribution in [0.4, 0.5) is 0 Å². The van der Waals surface area contributed by atoms with Crippen LogP contribution in [0.2, 0.25) is 0 Å². The summed E-state index contributed by atoms with van der Waals surface area (Å²) in [4.78, 5) is 0. The second-order valence-corrected chi connectivity index (χ2v) is 3.95. The monoisotopic (exact) mass is 268 g/mol. The molecule has 0 aromatic carbocycles. The molecule has 0 aromatic heterocycles. The second kappa shape index (κ2) is 16.6. The molecule has 0 amide bonds. The van der Waals surface area contributed by atoms with Gasteiger partial charge in [-0.1, -0.05) is 40.0 Å². The predicted molar refractivity (Wildman–Crippen MR) is 85.7 cm³/mol. The summed E-state index contributed by atoms with van der Waals surface area (Å²) in [6, 6.07) is 0. The summed E-state index contributed by atoms with van der Waals surface area (Å²) in [6.45, 7) is 9.13. The molecule has 0 rings (SSSR count). The lowest BCUT2D eigenvalue weighted by molar-refractivity contribution is 0.293. The Morgan fingerprint density at radius 2 is 1.89 bits per heavy atom. The predicted octanol–water partition coefficient (Wildman–Crippen LogP) is 4.09. The van der Waals surface area contributed by atoms with E-state index in [1.54, 1.807) is 7.11 Å². The van der Waals surface area contributed by atoms with Crippen molar-refractivity contribution in [3.63, 3.8) is 0 Å². The van der Waals surface area contributed by atoms with Crippen LogP contribution in [0, 0.1) is 0 Å². The van der Waals surface area contributed by atoms with Crippen molar-refractivity contribution in [2.75, 3.05) is 13.7 Å². The molecule has 0 unspecified atom stereocenters. The maximum atomic E-state index is 5.33. The standard InChI is InChI=1S/C14H26N2O.C2H6/c1-4-5-6-7-11-16-14(9-8-10-15)12-13(2)17-3;1-2/h8-10,12,16H,4-7,11,15H2,1-3H3;1-2H3/b10-8+,13-12+,14-9+;. The van der Waals surface area contributed by atoms with Gasteiger partial charge in [0.2, 0.25) is 0 Å². The molecule has 3 N–H and O–H groups in total. The van der Waals surface area contributed by atoms with Gasteiger partial charge in [0.05, 0.1) is 12.9 Å². The zero-order chi connectivity index (χ0) is 14.9. The van der Waals surface area contributed by atoms with E-state index in [0.29, 0.717) is 0 Å². The Bertz CT molecular complexity index is 268. The lowest BCUT2D eigenvalue weighted by Crippen LogP contribution is -2.13. The molecule has 0 atom stereocenters. The second-order valence-electron chi connectivity index (χ2n) is 3.95. The first-order valence-electron chi connectivity index (χ1n) is 7.29. The average Bonchev–Trinajstić information content (AvgIpc) is 2.46. The maximum Gasteiger partial charge on any atom is 0.0945 e. The summed E-state index contributed by atoms with van der Waals surface area (Å²) in [5, 5.41) is 3.38. The lowest BCUT2D eigenvalue weighted by atomic mass is 10.2. The molecule has 0 saturated heterocycles. The van der Waals surface area contributed by atoms with Crippen molar-refractivity contribution in [3.8, 4) is 0 Å². The van der Waals surface area contributed by atoms with Crippen molar-refractivity contribution in [1.82, 2.24) is 5.32 Å². The van der Waals surface area contributed by atoms with Gasteiger partial charge in [-0.15, -0.1) is 0 Å². The highest BCUT2D eigenvalue weighted by atomic mass is 16.5. The van der Waals surface area contributed by atoms with Gasteiger partial charge in [0.25, 0.3) is 0 Å². The molecule has 3 heteroatoms. The van der Waals surface area contributed by atoms with Crippen LogP contribution in [0.15, 0.2) is 35.9 Å². The quantitative estimate of drug-likeness (QED) is 0.376. The molecular formula is C16H32N2O. The number of nitrogens with one attached hydrogen (secondary N) is 1. The fraction of sp³-hybridized carbons (Fsp3) is 0.625. The topological polar surface area (TPSA) is 47.3 Å². The summed E-state index contributed by atoms with van der Waals surface area (Å²) in [5.41, 5.74) is 6.36. The number of nitrogens with two attached hydrogens (primary N) is 1. The maximum absolute atomic E-state index is 5.33. The number of hydrogen-bond acceptors (Lipinski definition) is 3. The highest BCUT2D eigenvalue weighted by Gasteiger charge is 1.94. The first kappa shape index (κ1) is 19.9. The highest BCUT2D eigenvalue weighted by molar-refractivity contribution is 5.23. The van der Waals surface area contributed by atoms with Crippen LogP contribution in [0.3, 0.4) is 0 Å². The Balaban J connectivity index is 0. The summed E-state index contributed by atoms with van der Waals surface area (Å²) >= 11 is 0. The third-order valence-electron chi connectivity index (χ3n) is 2.43. The van der Waals surface area contributed by atoms with Crippen molar-refractivity contribution in [2.45, 2.75) is 53.4 Å². The fourth-order valence-corrected chi connectivity index (χ4v) is 1.38. The normalized spacial score (nSPS) is 12.1. The van der Waals surface area contributed by atoms with E-state index in [1.165, 1.54) is 31.9 Å². The zero-order valence-electron chi connectivity index (χ0n) is 13.3. The minimum atomic E-state index is 0.878. The molecule has 0 aliphatic rings. The summed E-state index contributed by atoms with van der Waals surface area (Å²) in [6.07, 6.45) is 12.3. The van der Waals surface area contributed by atoms with Crippen LogP contribution in [0.1, 0.15) is 53.4 Å². The lowest BCUT2D eigenvalue weighted by Gasteiger charge is -2.08. The molecule has 0 saturated carbocycles. The van der Waals surface area contributed by atoms with Crippen LogP contribution in [0.5, 0.6) is 0 Å². The fourth-order valence-electron chi connectivity index (χ4n) is 1.38. The van der Waals surface area contributed by atoms with E-state index in [4.69, 9.17) is 10.5 Å². The van der Waals surface area contributed by atoms with Gasteiger partial charge in [-0.25, -0.2) is 0 Å². The Morgan fingerprint density at radius 1 is 1.21 bits per heavy atom. The Morgan fingerprint density at radius 3 is 2.42 bits per heavy atom. The average molecular weight is 268 g/mol. The van der Waals surface area contributed by atoms with Gasteiger partial charge >= 0.3 is 0 Å². The van der Waals surface area contributed by atoms with Crippen LogP contribution in [0.25, 0.3) is 0 Å². The molecular weight excluding hydrogens is 236 g/mol. The van der Waals surface area contributed by atoms with Crippen molar-refractivity contribution >= 4 is 0 Å². The van der Waals surface area contributed by atoms with Gasteiger partial charge in [-0.2, -0.15) is 0 Å². The molecule has 0 radical (unpaired) electrons. The molecule has 0 aromatic rings. The Labute approximate surface area is 119 Å². The number of hydrogen-bond donors (Lipinski definition) is 2. The van der Waals surface area contributed by atoms with Crippen LogP contribution in [-0.2, 0) is 4.74 Å². The van der Waals surface area contributed by atoms with Gasteiger partial charge in [0.1, 0.15) is 0 Å². The van der Waals surface area contributed by atoms with Crippen molar-refractivity contribution in [2.24, 2.45) is 5.73 Å². The molecule has 19 heavy (non-hydrogen) atoms. The molecule has 3 nitrogen and oxygen atoms in total. The summed E-state index contributed by atoms with van der Waals surface area (Å²) in [5.74, 6) is 0.878. The minimum absolute atomic E-state index is 0.878. The Kier molecular flexibility index (Phi) is 17.4. The zero-order valence-corrected chi connectivity index (χ0v) is 13.3. The van der Waals surface area contributed by atoms with Crippen LogP contribution < -0.4 is 11.1 Å². The largest absolute Gasteiger partial charge is 0.501 e. The molecule has 0 aliphatic heterocycles. The molecule has 112 valence electrons. The first-order chi connectivity index (χ1) is 9.24. The number of rotatable bonds is 9. The SMILES string of the molecule is CC.CCCCCCNC(=C/C=C/N)/C=C(\C)OC. The van der Waals surface area contributed by atoms with Gasteiger partial charge in [0.15, 0.2) is 0 Å². The van der Waals surface area contributed by atoms with Gasteiger partial charge < -0.3 is 15.8 Å². The van der Waals surface area contributed by atoms with E-state index in [9.17, 15) is 0 Å². The molecule has 0 fully saturated rings. The number of unbranched alkanes of at least 4 members (excludes halogenated alkanes) is 3. The number of methoxy groups -OCH3 is 1. The van der Waals surface area contributed by atoms with Crippen molar-refractivity contribution in [1.29, 1.82) is 0 Å². The van der Waals surface area contributed by atoms with E-state index in [1.807, 2.05) is 39.0 Å². The first-order valence-corrected chi connectivity index (χ1v) is 7.29. The van der Waals surface area contributed by atoms with Crippen molar-refractivity contribution in [3.05, 3.63) is 35.9 Å². The van der Waals surface area contributed by atoms with E-state index >= 15 is 0 Å². The number of ether oxygens (including phenoxy) is 1. The number of allylic oxidation sites excluding steroid dienone is 4. The van der Waals surface area contributed by atoms with Crippen molar-refractivity contribution < 1.29 is 4.74 Å². The summed E-state index contributed by atoms with van der Waals surface area (Å²) in [7, 11) is 1.67. The van der Waals surface area contributed by atoms with Crippen LogP contribution in [-0.4, -0.2) is 13.7 Å². The van der Waals surface area contributed by atoms with Gasteiger partial charge in [0, 0.05) is 12.2 Å². The third kappa shape index (κ3) is 14.6. The molecule has 0 spiro atoms. The van der Waals surface area contributed by atoms with Gasteiger partial charge in [-0.05, 0) is 37.8 Å². The molecule has 0 heterocycles. The minimum Gasteiger partial charge on any atom is -0.501 e. The van der Waals surface area contributed by atoms with Gasteiger partial charge in [-0.3, -0.25) is 0 Å². The van der Waals surface area contributed by atoms with Crippen LogP contribution >= 0.6 is 0 Å². The molecule has 0 aliphatic carbocycles. The Hall–Kier alpha value is -1.38. The van der Waals surface area contributed by atoms with E-state index in [2.05, 4.69) is 12.2 Å². The molecule has 0 bridgehead atoms.